The van der Waals surface area contributed by atoms with Gasteiger partial charge in [-0.3, -0.25) is 9.59 Å². The number of carbonyl (C=O) groups excluding carboxylic acids is 1. The van der Waals surface area contributed by atoms with Crippen molar-refractivity contribution in [3.63, 3.8) is 0 Å². The van der Waals surface area contributed by atoms with E-state index < -0.39 is 0 Å². The van der Waals surface area contributed by atoms with Crippen molar-refractivity contribution in [2.75, 3.05) is 13.1 Å². The molecule has 0 aliphatic carbocycles. The molecule has 1 saturated heterocycles. The second-order valence-electron chi connectivity index (χ2n) is 6.36. The molecule has 132 valence electrons. The molecular formula is C19H22ClN3O2. The van der Waals surface area contributed by atoms with Crippen molar-refractivity contribution in [1.82, 2.24) is 9.47 Å². The summed E-state index contributed by atoms with van der Waals surface area (Å²) in [5.74, 6) is -0.0666. The largest absolute Gasteiger partial charge is 0.334 e. The van der Waals surface area contributed by atoms with Crippen molar-refractivity contribution in [3.05, 3.63) is 69.1 Å². The monoisotopic (exact) mass is 359 g/mol. The third kappa shape index (κ3) is 3.94. The van der Waals surface area contributed by atoms with E-state index in [-0.39, 0.29) is 17.5 Å². The summed E-state index contributed by atoms with van der Waals surface area (Å²) in [5.41, 5.74) is 7.00. The fourth-order valence-corrected chi connectivity index (χ4v) is 3.47. The van der Waals surface area contributed by atoms with Crippen LogP contribution in [0.1, 0.15) is 35.2 Å². The Labute approximate surface area is 152 Å². The Balaban J connectivity index is 1.87. The molecule has 1 fully saturated rings. The molecule has 1 aromatic heterocycles. The van der Waals surface area contributed by atoms with Gasteiger partial charge in [-0.15, -0.1) is 0 Å². The lowest BCUT2D eigenvalue weighted by Crippen LogP contribution is -2.47. The summed E-state index contributed by atoms with van der Waals surface area (Å²) in [4.78, 5) is 26.9. The first-order valence-corrected chi connectivity index (χ1v) is 8.93. The van der Waals surface area contributed by atoms with Gasteiger partial charge in [-0.25, -0.2) is 0 Å². The quantitative estimate of drug-likeness (QED) is 0.911. The summed E-state index contributed by atoms with van der Waals surface area (Å²) in [6.45, 7) is 1.51. The van der Waals surface area contributed by atoms with Gasteiger partial charge >= 0.3 is 0 Å². The Bertz CT molecular complexity index is 818. The van der Waals surface area contributed by atoms with Crippen molar-refractivity contribution in [3.8, 4) is 0 Å². The molecule has 1 aliphatic heterocycles. The molecule has 5 nitrogen and oxygen atoms in total. The fourth-order valence-electron chi connectivity index (χ4n) is 3.27. The van der Waals surface area contributed by atoms with Gasteiger partial charge in [0.05, 0.1) is 12.1 Å². The van der Waals surface area contributed by atoms with Crippen LogP contribution in [0.5, 0.6) is 0 Å². The minimum Gasteiger partial charge on any atom is -0.334 e. The second-order valence-corrected chi connectivity index (χ2v) is 6.77. The van der Waals surface area contributed by atoms with E-state index in [0.29, 0.717) is 30.2 Å². The molecule has 2 heterocycles. The lowest BCUT2D eigenvalue weighted by Gasteiger charge is -2.35. The minimum absolute atomic E-state index is 0.0666. The summed E-state index contributed by atoms with van der Waals surface area (Å²) in [6, 6.07) is 10.5. The maximum Gasteiger partial charge on any atom is 0.255 e. The number of pyridine rings is 1. The Morgan fingerprint density at radius 3 is 2.76 bits per heavy atom. The van der Waals surface area contributed by atoms with Crippen molar-refractivity contribution in [2.24, 2.45) is 5.73 Å². The number of nitrogens with two attached hydrogens (primary N) is 1. The number of aromatic nitrogens is 1. The first-order chi connectivity index (χ1) is 12.1. The first-order valence-electron chi connectivity index (χ1n) is 8.55. The van der Waals surface area contributed by atoms with Gasteiger partial charge in [0.2, 0.25) is 0 Å². The van der Waals surface area contributed by atoms with Crippen molar-refractivity contribution >= 4 is 17.5 Å². The van der Waals surface area contributed by atoms with Gasteiger partial charge in [0.25, 0.3) is 11.5 Å². The summed E-state index contributed by atoms with van der Waals surface area (Å²) in [6.07, 6.45) is 4.64. The van der Waals surface area contributed by atoms with Gasteiger partial charge < -0.3 is 15.2 Å². The molecule has 1 unspecified atom stereocenters. The highest BCUT2D eigenvalue weighted by Gasteiger charge is 2.26. The van der Waals surface area contributed by atoms with Crippen LogP contribution in [0, 0.1) is 0 Å². The van der Waals surface area contributed by atoms with Crippen LogP contribution in [0.2, 0.25) is 5.02 Å². The standard InChI is InChI=1S/C19H22ClN3O2/c20-17-7-2-1-5-14(17)12-22-13-15(8-9-18(22)24)19(25)23-10-4-3-6-16(23)11-21/h1-2,5,7-9,13,16H,3-4,6,10-12,21H2. The Kier molecular flexibility index (Phi) is 5.56. The van der Waals surface area contributed by atoms with Crippen LogP contribution >= 0.6 is 11.6 Å². The third-order valence-corrected chi connectivity index (χ3v) is 5.06. The first kappa shape index (κ1) is 17.7. The number of likely N-dealkylation sites (tertiary alicyclic amines) is 1. The normalized spacial score (nSPS) is 17.5. The highest BCUT2D eigenvalue weighted by molar-refractivity contribution is 6.31. The van der Waals surface area contributed by atoms with Crippen molar-refractivity contribution in [2.45, 2.75) is 31.8 Å². The van der Waals surface area contributed by atoms with Gasteiger partial charge in [-0.1, -0.05) is 29.8 Å². The van der Waals surface area contributed by atoms with E-state index in [1.165, 1.54) is 10.6 Å². The predicted molar refractivity (Wildman–Crippen MR) is 99.0 cm³/mol. The number of piperidine rings is 1. The molecule has 2 aromatic rings. The maximum atomic E-state index is 12.9. The van der Waals surface area contributed by atoms with Crippen LogP contribution in [0.4, 0.5) is 0 Å². The second kappa shape index (κ2) is 7.85. The van der Waals surface area contributed by atoms with E-state index in [1.54, 1.807) is 18.3 Å². The van der Waals surface area contributed by atoms with E-state index in [0.717, 1.165) is 24.8 Å². The highest BCUT2D eigenvalue weighted by Crippen LogP contribution is 2.19. The zero-order valence-corrected chi connectivity index (χ0v) is 14.8. The molecule has 6 heteroatoms. The number of rotatable bonds is 4. The fraction of sp³-hybridized carbons (Fsp3) is 0.368. The van der Waals surface area contributed by atoms with Crippen LogP contribution < -0.4 is 11.3 Å². The Morgan fingerprint density at radius 2 is 2.00 bits per heavy atom. The summed E-state index contributed by atoms with van der Waals surface area (Å²) in [7, 11) is 0. The van der Waals surface area contributed by atoms with Gasteiger partial charge in [0.15, 0.2) is 0 Å². The smallest absolute Gasteiger partial charge is 0.255 e. The summed E-state index contributed by atoms with van der Waals surface area (Å²) >= 11 is 6.18. The highest BCUT2D eigenvalue weighted by atomic mass is 35.5. The Morgan fingerprint density at radius 1 is 1.20 bits per heavy atom. The Hall–Kier alpha value is -2.11. The molecular weight excluding hydrogens is 338 g/mol. The molecule has 0 saturated carbocycles. The van der Waals surface area contributed by atoms with Crippen LogP contribution in [0.15, 0.2) is 47.4 Å². The van der Waals surface area contributed by atoms with E-state index >= 15 is 0 Å². The number of nitrogens with zero attached hydrogens (tertiary/aromatic N) is 2. The minimum atomic E-state index is -0.162. The molecule has 3 rings (SSSR count). The molecule has 0 radical (unpaired) electrons. The van der Waals surface area contributed by atoms with Gasteiger partial charge in [-0.2, -0.15) is 0 Å². The van der Waals surface area contributed by atoms with Crippen LogP contribution in [0.3, 0.4) is 0 Å². The van der Waals surface area contributed by atoms with Crippen LogP contribution in [0.25, 0.3) is 0 Å². The number of carbonyl (C=O) groups is 1. The predicted octanol–water partition coefficient (Wildman–Crippen LogP) is 2.50. The molecule has 25 heavy (non-hydrogen) atoms. The molecule has 0 spiro atoms. The zero-order valence-electron chi connectivity index (χ0n) is 14.0. The molecule has 2 N–H and O–H groups in total. The maximum absolute atomic E-state index is 12.9. The number of amides is 1. The molecule has 1 aromatic carbocycles. The van der Waals surface area contributed by atoms with Crippen LogP contribution in [-0.2, 0) is 6.54 Å². The average molecular weight is 360 g/mol. The molecule has 1 atom stereocenters. The number of hydrogen-bond donors (Lipinski definition) is 1. The SMILES string of the molecule is NCC1CCCCN1C(=O)c1ccc(=O)n(Cc2ccccc2Cl)c1. The topological polar surface area (TPSA) is 68.3 Å². The van der Waals surface area contributed by atoms with Gasteiger partial charge in [-0.05, 0) is 37.0 Å². The molecule has 1 amide bonds. The van der Waals surface area contributed by atoms with Crippen molar-refractivity contribution < 1.29 is 4.79 Å². The zero-order chi connectivity index (χ0) is 17.8. The number of halogens is 1. The van der Waals surface area contributed by atoms with E-state index in [4.69, 9.17) is 17.3 Å². The lowest BCUT2D eigenvalue weighted by molar-refractivity contribution is 0.0622. The van der Waals surface area contributed by atoms with Crippen molar-refractivity contribution in [1.29, 1.82) is 0 Å². The summed E-state index contributed by atoms with van der Waals surface area (Å²) < 4.78 is 1.52. The average Bonchev–Trinajstić information content (AvgIpc) is 2.64. The number of benzene rings is 1. The molecule has 0 bridgehead atoms. The van der Waals surface area contributed by atoms with Crippen LogP contribution in [-0.4, -0.2) is 34.5 Å². The van der Waals surface area contributed by atoms with Gasteiger partial charge in [0.1, 0.15) is 0 Å². The number of hydrogen-bond acceptors (Lipinski definition) is 3. The van der Waals surface area contributed by atoms with E-state index in [1.807, 2.05) is 23.1 Å². The van der Waals surface area contributed by atoms with E-state index in [2.05, 4.69) is 0 Å². The van der Waals surface area contributed by atoms with E-state index in [9.17, 15) is 9.59 Å². The van der Waals surface area contributed by atoms with Gasteiger partial charge in [0, 0.05) is 36.4 Å². The lowest BCUT2D eigenvalue weighted by atomic mass is 10.0. The summed E-state index contributed by atoms with van der Waals surface area (Å²) in [5, 5.41) is 0.602. The molecule has 1 aliphatic rings. The third-order valence-electron chi connectivity index (χ3n) is 4.69.